The number of amides is 1. The molecule has 146 valence electrons. The first-order valence-corrected chi connectivity index (χ1v) is 10.7. The van der Waals surface area contributed by atoms with E-state index in [0.717, 1.165) is 32.5 Å². The Bertz CT molecular complexity index is 723. The largest absolute Gasteiger partial charge is 0.478 e. The number of ether oxygens (including phenoxy) is 1. The third kappa shape index (κ3) is 5.96. The van der Waals surface area contributed by atoms with Crippen molar-refractivity contribution in [1.82, 2.24) is 10.2 Å². The average Bonchev–Trinajstić information content (AvgIpc) is 3.15. The number of nitrogens with zero attached hydrogens (tertiary/aromatic N) is 1. The molecule has 1 aromatic carbocycles. The van der Waals surface area contributed by atoms with Gasteiger partial charge in [-0.2, -0.15) is 0 Å². The molecule has 2 heterocycles. The number of likely N-dealkylation sites (tertiary alicyclic amines) is 1. The SMILES string of the molecule is CC(C)(Oc1ccc(Cl)cc1)C(=O)NCC1CCN(Cc2cccs2)CC1. The average molecular weight is 407 g/mol. The molecule has 1 aliphatic rings. The summed E-state index contributed by atoms with van der Waals surface area (Å²) in [6.07, 6.45) is 2.23. The van der Waals surface area contributed by atoms with Gasteiger partial charge in [0.05, 0.1) is 0 Å². The lowest BCUT2D eigenvalue weighted by Crippen LogP contribution is -2.48. The smallest absolute Gasteiger partial charge is 0.263 e. The number of carbonyl (C=O) groups is 1. The van der Waals surface area contributed by atoms with Crippen LogP contribution in [0, 0.1) is 5.92 Å². The number of hydrogen-bond donors (Lipinski definition) is 1. The first kappa shape index (κ1) is 20.2. The van der Waals surface area contributed by atoms with Gasteiger partial charge >= 0.3 is 0 Å². The van der Waals surface area contributed by atoms with Gasteiger partial charge in [-0.25, -0.2) is 0 Å². The van der Waals surface area contributed by atoms with Crippen molar-refractivity contribution in [1.29, 1.82) is 0 Å². The Hall–Kier alpha value is -1.56. The maximum atomic E-state index is 12.6. The van der Waals surface area contributed by atoms with Crippen LogP contribution in [0.25, 0.3) is 0 Å². The zero-order valence-electron chi connectivity index (χ0n) is 15.9. The molecule has 4 nitrogen and oxygen atoms in total. The molecule has 1 fully saturated rings. The van der Waals surface area contributed by atoms with Crippen molar-refractivity contribution in [2.24, 2.45) is 5.92 Å². The van der Waals surface area contributed by atoms with Gasteiger partial charge < -0.3 is 10.1 Å². The maximum absolute atomic E-state index is 12.6. The van der Waals surface area contributed by atoms with Crippen LogP contribution in [0.3, 0.4) is 0 Å². The topological polar surface area (TPSA) is 41.6 Å². The molecular formula is C21H27ClN2O2S. The molecule has 1 N–H and O–H groups in total. The second-order valence-electron chi connectivity index (χ2n) is 7.58. The molecule has 0 bridgehead atoms. The zero-order chi connectivity index (χ0) is 19.3. The Balaban J connectivity index is 1.41. The Kier molecular flexibility index (Phi) is 6.79. The van der Waals surface area contributed by atoms with E-state index < -0.39 is 5.60 Å². The first-order valence-electron chi connectivity index (χ1n) is 9.40. The van der Waals surface area contributed by atoms with Crippen LogP contribution >= 0.6 is 22.9 Å². The highest BCUT2D eigenvalue weighted by atomic mass is 35.5. The summed E-state index contributed by atoms with van der Waals surface area (Å²) in [5, 5.41) is 5.86. The Morgan fingerprint density at radius 2 is 1.96 bits per heavy atom. The van der Waals surface area contributed by atoms with Crippen molar-refractivity contribution in [3.8, 4) is 5.75 Å². The van der Waals surface area contributed by atoms with Crippen molar-refractivity contribution < 1.29 is 9.53 Å². The van der Waals surface area contributed by atoms with Gasteiger partial charge in [0, 0.05) is 23.0 Å². The summed E-state index contributed by atoms with van der Waals surface area (Å²) in [7, 11) is 0. The van der Waals surface area contributed by atoms with Gasteiger partial charge in [0.1, 0.15) is 5.75 Å². The predicted octanol–water partition coefficient (Wildman–Crippen LogP) is 4.59. The van der Waals surface area contributed by atoms with Crippen LogP contribution < -0.4 is 10.1 Å². The Morgan fingerprint density at radius 1 is 1.26 bits per heavy atom. The van der Waals surface area contributed by atoms with E-state index in [0.29, 0.717) is 23.2 Å². The van der Waals surface area contributed by atoms with Crippen LogP contribution in [0.15, 0.2) is 41.8 Å². The van der Waals surface area contributed by atoms with Gasteiger partial charge in [-0.15, -0.1) is 11.3 Å². The highest BCUT2D eigenvalue weighted by Crippen LogP contribution is 2.22. The summed E-state index contributed by atoms with van der Waals surface area (Å²) in [6.45, 7) is 7.51. The third-order valence-electron chi connectivity index (χ3n) is 4.95. The minimum Gasteiger partial charge on any atom is -0.478 e. The number of halogens is 1. The number of nitrogens with one attached hydrogen (secondary N) is 1. The van der Waals surface area contributed by atoms with E-state index in [1.165, 1.54) is 4.88 Å². The minimum absolute atomic E-state index is 0.0848. The molecule has 1 aromatic heterocycles. The van der Waals surface area contributed by atoms with Gasteiger partial charge in [-0.3, -0.25) is 9.69 Å². The monoisotopic (exact) mass is 406 g/mol. The van der Waals surface area contributed by atoms with Crippen LogP contribution in [-0.2, 0) is 11.3 Å². The Labute approximate surface area is 170 Å². The van der Waals surface area contributed by atoms with Crippen LogP contribution in [0.1, 0.15) is 31.6 Å². The molecular weight excluding hydrogens is 380 g/mol. The summed E-state index contributed by atoms with van der Waals surface area (Å²) in [5.74, 6) is 1.08. The summed E-state index contributed by atoms with van der Waals surface area (Å²) in [4.78, 5) is 16.5. The normalized spacial score (nSPS) is 16.3. The quantitative estimate of drug-likeness (QED) is 0.731. The molecule has 1 aliphatic heterocycles. The highest BCUT2D eigenvalue weighted by molar-refractivity contribution is 7.09. The van der Waals surface area contributed by atoms with Crippen molar-refractivity contribution in [3.05, 3.63) is 51.7 Å². The van der Waals surface area contributed by atoms with E-state index in [1.807, 2.05) is 11.3 Å². The number of carbonyl (C=O) groups excluding carboxylic acids is 1. The van der Waals surface area contributed by atoms with Gasteiger partial charge in [0.25, 0.3) is 5.91 Å². The van der Waals surface area contributed by atoms with Gasteiger partial charge in [-0.1, -0.05) is 17.7 Å². The number of rotatable bonds is 7. The molecule has 0 saturated carbocycles. The summed E-state index contributed by atoms with van der Waals surface area (Å²) in [6, 6.07) is 11.4. The predicted molar refractivity (Wildman–Crippen MR) is 111 cm³/mol. The molecule has 27 heavy (non-hydrogen) atoms. The van der Waals surface area contributed by atoms with Crippen LogP contribution in [0.5, 0.6) is 5.75 Å². The molecule has 2 aromatic rings. The van der Waals surface area contributed by atoms with Crippen LogP contribution in [0.2, 0.25) is 5.02 Å². The number of piperidine rings is 1. The molecule has 0 spiro atoms. The lowest BCUT2D eigenvalue weighted by Gasteiger charge is -2.32. The molecule has 0 radical (unpaired) electrons. The maximum Gasteiger partial charge on any atom is 0.263 e. The van der Waals surface area contributed by atoms with E-state index in [-0.39, 0.29) is 5.91 Å². The summed E-state index contributed by atoms with van der Waals surface area (Å²) < 4.78 is 5.86. The number of thiophene rings is 1. The van der Waals surface area contributed by atoms with Gasteiger partial charge in [0.2, 0.25) is 0 Å². The molecule has 3 rings (SSSR count). The van der Waals surface area contributed by atoms with Crippen molar-refractivity contribution in [2.75, 3.05) is 19.6 Å². The minimum atomic E-state index is -0.923. The highest BCUT2D eigenvalue weighted by Gasteiger charge is 2.30. The lowest BCUT2D eigenvalue weighted by atomic mass is 9.96. The van der Waals surface area contributed by atoms with Crippen molar-refractivity contribution in [3.63, 3.8) is 0 Å². The van der Waals surface area contributed by atoms with Crippen LogP contribution in [-0.4, -0.2) is 36.0 Å². The zero-order valence-corrected chi connectivity index (χ0v) is 17.5. The second-order valence-corrected chi connectivity index (χ2v) is 9.04. The van der Waals surface area contributed by atoms with E-state index >= 15 is 0 Å². The number of benzene rings is 1. The number of hydrogen-bond acceptors (Lipinski definition) is 4. The van der Waals surface area contributed by atoms with E-state index in [2.05, 4.69) is 27.7 Å². The van der Waals surface area contributed by atoms with Gasteiger partial charge in [-0.05, 0) is 81.4 Å². The molecule has 6 heteroatoms. The molecule has 0 atom stereocenters. The molecule has 1 amide bonds. The van der Waals surface area contributed by atoms with E-state index in [1.54, 1.807) is 38.1 Å². The van der Waals surface area contributed by atoms with E-state index in [9.17, 15) is 4.79 Å². The fraction of sp³-hybridized carbons (Fsp3) is 0.476. The Morgan fingerprint density at radius 3 is 2.59 bits per heavy atom. The summed E-state index contributed by atoms with van der Waals surface area (Å²) >= 11 is 7.71. The van der Waals surface area contributed by atoms with Crippen molar-refractivity contribution >= 4 is 28.8 Å². The summed E-state index contributed by atoms with van der Waals surface area (Å²) in [5.41, 5.74) is -0.923. The third-order valence-corrected chi connectivity index (χ3v) is 6.06. The van der Waals surface area contributed by atoms with Crippen LogP contribution in [0.4, 0.5) is 0 Å². The van der Waals surface area contributed by atoms with Crippen molar-refractivity contribution in [2.45, 2.75) is 38.8 Å². The second kappa shape index (κ2) is 9.09. The van der Waals surface area contributed by atoms with E-state index in [4.69, 9.17) is 16.3 Å². The lowest BCUT2D eigenvalue weighted by molar-refractivity contribution is -0.134. The molecule has 0 unspecified atom stereocenters. The first-order chi connectivity index (χ1) is 12.9. The molecule has 1 saturated heterocycles. The standard InChI is InChI=1S/C21H27ClN2O2S/c1-21(2,26-18-7-5-17(22)6-8-18)20(25)23-14-16-9-11-24(12-10-16)15-19-4-3-13-27-19/h3-8,13,16H,9-12,14-15H2,1-2H3,(H,23,25). The fourth-order valence-electron chi connectivity index (χ4n) is 3.27. The molecule has 0 aliphatic carbocycles. The van der Waals surface area contributed by atoms with Gasteiger partial charge in [0.15, 0.2) is 5.60 Å². The fourth-order valence-corrected chi connectivity index (χ4v) is 4.14.